The summed E-state index contributed by atoms with van der Waals surface area (Å²) in [4.78, 5) is 13.8. The number of anilines is 1. The topological polar surface area (TPSA) is 49.8 Å². The van der Waals surface area contributed by atoms with Crippen LogP contribution in [0.4, 0.5) is 5.69 Å². The second kappa shape index (κ2) is 6.06. The van der Waals surface area contributed by atoms with Gasteiger partial charge < -0.3 is 14.7 Å². The van der Waals surface area contributed by atoms with Gasteiger partial charge in [-0.3, -0.25) is 0 Å². The number of carboxylic acid groups (broad SMARTS) is 1. The molecule has 2 unspecified atom stereocenters. The van der Waals surface area contributed by atoms with E-state index in [1.54, 1.807) is 13.2 Å². The Bertz CT molecular complexity index is 529. The lowest BCUT2D eigenvalue weighted by Crippen LogP contribution is -2.48. The molecule has 0 bridgehead atoms. The summed E-state index contributed by atoms with van der Waals surface area (Å²) in [5.74, 6) is -0.819. The van der Waals surface area contributed by atoms with Gasteiger partial charge in [0.25, 0.3) is 0 Å². The third kappa shape index (κ3) is 2.64. The highest BCUT2D eigenvalue weighted by Crippen LogP contribution is 2.36. The lowest BCUT2D eigenvalue weighted by atomic mass is 9.88. The van der Waals surface area contributed by atoms with Crippen molar-refractivity contribution in [1.29, 1.82) is 0 Å². The molecule has 1 saturated carbocycles. The summed E-state index contributed by atoms with van der Waals surface area (Å²) in [5, 5.41) is 9.39. The molecule has 4 heteroatoms. The van der Waals surface area contributed by atoms with Crippen LogP contribution in [0, 0.1) is 0 Å². The van der Waals surface area contributed by atoms with Gasteiger partial charge in [-0.2, -0.15) is 0 Å². The first kappa shape index (κ1) is 14.4. The zero-order chi connectivity index (χ0) is 14.8. The largest absolute Gasteiger partial charge is 0.478 e. The van der Waals surface area contributed by atoms with Crippen molar-refractivity contribution in [3.8, 4) is 0 Å². The Kier molecular flexibility index (Phi) is 4.15. The van der Waals surface area contributed by atoms with Gasteiger partial charge in [0, 0.05) is 19.3 Å². The smallest absolute Gasteiger partial charge is 0.336 e. The molecule has 2 atom stereocenters. The number of ether oxygens (including phenoxy) is 1. The zero-order valence-electron chi connectivity index (χ0n) is 12.5. The van der Waals surface area contributed by atoms with Crippen LogP contribution in [0.1, 0.15) is 48.0 Å². The first-order valence-electron chi connectivity index (χ1n) is 7.87. The molecular formula is C17H23NO3. The molecular weight excluding hydrogens is 266 g/mol. The third-order valence-electron chi connectivity index (χ3n) is 4.89. The first-order chi connectivity index (χ1) is 10.2. The lowest BCUT2D eigenvalue weighted by molar-refractivity contribution is 0.0510. The monoisotopic (exact) mass is 289 g/mol. The second-order valence-electron chi connectivity index (χ2n) is 6.03. The molecule has 3 rings (SSSR count). The standard InChI is InChI=1S/C17H23NO3/c1-21-16-10-3-2-8-15(16)18-11-5-7-12-13(17(19)20)6-4-9-14(12)18/h4,6,9,15-16H,2-3,5,7-8,10-11H2,1H3,(H,19,20). The molecule has 1 aromatic carbocycles. The molecule has 21 heavy (non-hydrogen) atoms. The fourth-order valence-corrected chi connectivity index (χ4v) is 3.91. The average molecular weight is 289 g/mol. The minimum absolute atomic E-state index is 0.262. The Morgan fingerprint density at radius 1 is 1.29 bits per heavy atom. The SMILES string of the molecule is COC1CCCCC1N1CCCc2c(C(=O)O)cccc21. The number of carbonyl (C=O) groups is 1. The van der Waals surface area contributed by atoms with E-state index in [0.717, 1.165) is 43.5 Å². The maximum Gasteiger partial charge on any atom is 0.336 e. The van der Waals surface area contributed by atoms with Gasteiger partial charge in [-0.05, 0) is 43.4 Å². The predicted octanol–water partition coefficient (Wildman–Crippen LogP) is 3.10. The second-order valence-corrected chi connectivity index (χ2v) is 6.03. The number of fused-ring (bicyclic) bond motifs is 1. The number of aromatic carboxylic acids is 1. The van der Waals surface area contributed by atoms with E-state index in [4.69, 9.17) is 4.74 Å². The molecule has 2 aliphatic rings. The van der Waals surface area contributed by atoms with Gasteiger partial charge in [0.05, 0.1) is 17.7 Å². The van der Waals surface area contributed by atoms with Crippen molar-refractivity contribution in [1.82, 2.24) is 0 Å². The number of nitrogens with zero attached hydrogens (tertiary/aromatic N) is 1. The van der Waals surface area contributed by atoms with E-state index in [9.17, 15) is 9.90 Å². The maximum absolute atomic E-state index is 11.4. The van der Waals surface area contributed by atoms with E-state index in [2.05, 4.69) is 11.0 Å². The summed E-state index contributed by atoms with van der Waals surface area (Å²) in [6, 6.07) is 6.04. The molecule has 1 aliphatic heterocycles. The van der Waals surface area contributed by atoms with Crippen LogP contribution in [0.3, 0.4) is 0 Å². The van der Waals surface area contributed by atoms with Gasteiger partial charge in [0.1, 0.15) is 0 Å². The van der Waals surface area contributed by atoms with Gasteiger partial charge in [0.2, 0.25) is 0 Å². The molecule has 114 valence electrons. The molecule has 0 aromatic heterocycles. The average Bonchev–Trinajstić information content (AvgIpc) is 2.53. The van der Waals surface area contributed by atoms with E-state index >= 15 is 0 Å². The number of carboxylic acids is 1. The summed E-state index contributed by atoms with van der Waals surface area (Å²) >= 11 is 0. The Morgan fingerprint density at radius 2 is 2.10 bits per heavy atom. The van der Waals surface area contributed by atoms with Gasteiger partial charge in [-0.1, -0.05) is 18.9 Å². The highest BCUT2D eigenvalue weighted by molar-refractivity contribution is 5.91. The van der Waals surface area contributed by atoms with Gasteiger partial charge in [-0.15, -0.1) is 0 Å². The zero-order valence-corrected chi connectivity index (χ0v) is 12.5. The van der Waals surface area contributed by atoms with Gasteiger partial charge in [-0.25, -0.2) is 4.79 Å². The summed E-state index contributed by atoms with van der Waals surface area (Å²) < 4.78 is 5.69. The van der Waals surface area contributed by atoms with Gasteiger partial charge in [0.15, 0.2) is 0 Å². The molecule has 1 fully saturated rings. The molecule has 4 nitrogen and oxygen atoms in total. The highest BCUT2D eigenvalue weighted by Gasteiger charge is 2.33. The Morgan fingerprint density at radius 3 is 2.86 bits per heavy atom. The fraction of sp³-hybridized carbons (Fsp3) is 0.588. The predicted molar refractivity (Wildman–Crippen MR) is 82.1 cm³/mol. The minimum atomic E-state index is -0.819. The van der Waals surface area contributed by atoms with E-state index in [1.165, 1.54) is 12.8 Å². The van der Waals surface area contributed by atoms with Crippen LogP contribution in [0.2, 0.25) is 0 Å². The van der Waals surface area contributed by atoms with Gasteiger partial charge >= 0.3 is 5.97 Å². The van der Waals surface area contributed by atoms with E-state index in [-0.39, 0.29) is 6.10 Å². The summed E-state index contributed by atoms with van der Waals surface area (Å²) in [6.45, 7) is 1.00. The maximum atomic E-state index is 11.4. The molecule has 1 aliphatic carbocycles. The van der Waals surface area contributed by atoms with E-state index in [0.29, 0.717) is 11.6 Å². The van der Waals surface area contributed by atoms with Crippen LogP contribution >= 0.6 is 0 Å². The van der Waals surface area contributed by atoms with Crippen molar-refractivity contribution in [2.45, 2.75) is 50.7 Å². The minimum Gasteiger partial charge on any atom is -0.478 e. The van der Waals surface area contributed by atoms with Crippen LogP contribution < -0.4 is 4.90 Å². The number of methoxy groups -OCH3 is 1. The number of hydrogen-bond donors (Lipinski definition) is 1. The van der Waals surface area contributed by atoms with E-state index in [1.807, 2.05) is 6.07 Å². The number of benzene rings is 1. The van der Waals surface area contributed by atoms with Crippen LogP contribution in [-0.2, 0) is 11.2 Å². The molecule has 0 amide bonds. The van der Waals surface area contributed by atoms with Crippen LogP contribution in [0.15, 0.2) is 18.2 Å². The van der Waals surface area contributed by atoms with Crippen molar-refractivity contribution >= 4 is 11.7 Å². The number of rotatable bonds is 3. The summed E-state index contributed by atoms with van der Waals surface area (Å²) in [7, 11) is 1.79. The third-order valence-corrected chi connectivity index (χ3v) is 4.89. The van der Waals surface area contributed by atoms with Crippen molar-refractivity contribution in [3.05, 3.63) is 29.3 Å². The first-order valence-corrected chi connectivity index (χ1v) is 7.87. The van der Waals surface area contributed by atoms with Crippen molar-refractivity contribution in [2.75, 3.05) is 18.6 Å². The highest BCUT2D eigenvalue weighted by atomic mass is 16.5. The lowest BCUT2D eigenvalue weighted by Gasteiger charge is -2.43. The summed E-state index contributed by atoms with van der Waals surface area (Å²) in [6.07, 6.45) is 6.84. The Balaban J connectivity index is 1.96. The molecule has 0 spiro atoms. The fourth-order valence-electron chi connectivity index (χ4n) is 3.91. The van der Waals surface area contributed by atoms with Crippen LogP contribution in [0.25, 0.3) is 0 Å². The Hall–Kier alpha value is -1.55. The Labute approximate surface area is 125 Å². The summed E-state index contributed by atoms with van der Waals surface area (Å²) in [5.41, 5.74) is 2.56. The van der Waals surface area contributed by atoms with E-state index < -0.39 is 5.97 Å². The van der Waals surface area contributed by atoms with Crippen molar-refractivity contribution in [2.24, 2.45) is 0 Å². The molecule has 0 radical (unpaired) electrons. The number of hydrogen-bond acceptors (Lipinski definition) is 3. The quantitative estimate of drug-likeness (QED) is 0.929. The van der Waals surface area contributed by atoms with Crippen LogP contribution in [-0.4, -0.2) is 36.9 Å². The van der Waals surface area contributed by atoms with Crippen LogP contribution in [0.5, 0.6) is 0 Å². The molecule has 0 saturated heterocycles. The normalized spacial score (nSPS) is 25.5. The van der Waals surface area contributed by atoms with Crippen molar-refractivity contribution in [3.63, 3.8) is 0 Å². The molecule has 1 N–H and O–H groups in total. The molecule has 1 heterocycles. The molecule has 1 aromatic rings. The van der Waals surface area contributed by atoms with Crippen molar-refractivity contribution < 1.29 is 14.6 Å².